The van der Waals surface area contributed by atoms with Crippen LogP contribution in [0.15, 0.2) is 29.3 Å². The van der Waals surface area contributed by atoms with Crippen molar-refractivity contribution < 1.29 is 4.74 Å². The van der Waals surface area contributed by atoms with E-state index in [1.807, 2.05) is 6.92 Å². The summed E-state index contributed by atoms with van der Waals surface area (Å²) < 4.78 is 5.54. The highest BCUT2D eigenvalue weighted by atomic mass is 16.5. The van der Waals surface area contributed by atoms with E-state index in [0.29, 0.717) is 40.6 Å². The number of nitrogens with one attached hydrogen (secondary N) is 2. The fourth-order valence-corrected chi connectivity index (χ4v) is 1.98. The summed E-state index contributed by atoms with van der Waals surface area (Å²) in [5.41, 5.74) is 7.44. The summed E-state index contributed by atoms with van der Waals surface area (Å²) in [6.45, 7) is 2.37. The number of benzene rings is 1. The van der Waals surface area contributed by atoms with Crippen molar-refractivity contribution in [3.8, 4) is 17.1 Å². The number of nitrogens with zero attached hydrogens (tertiary/aromatic N) is 2. The first-order chi connectivity index (χ1) is 9.69. The number of imidazole rings is 1. The van der Waals surface area contributed by atoms with Crippen LogP contribution in [0.3, 0.4) is 0 Å². The maximum absolute atomic E-state index is 11.9. The van der Waals surface area contributed by atoms with Crippen molar-refractivity contribution in [2.24, 2.45) is 0 Å². The second-order valence-corrected chi connectivity index (χ2v) is 4.20. The number of aromatic nitrogens is 4. The number of hydrogen-bond donors (Lipinski definition) is 3. The van der Waals surface area contributed by atoms with Gasteiger partial charge >= 0.3 is 0 Å². The van der Waals surface area contributed by atoms with Gasteiger partial charge in [-0.1, -0.05) is 0 Å². The SMILES string of the molecule is CCOc1cc(N)ccc1-c1nc2nc[nH]c2c(=O)[nH]1. The first kappa shape index (κ1) is 12.2. The topological polar surface area (TPSA) is 110 Å². The van der Waals surface area contributed by atoms with Gasteiger partial charge in [0.2, 0.25) is 0 Å². The molecule has 7 nitrogen and oxygen atoms in total. The molecule has 102 valence electrons. The van der Waals surface area contributed by atoms with E-state index in [0.717, 1.165) is 0 Å². The maximum atomic E-state index is 11.9. The summed E-state index contributed by atoms with van der Waals surface area (Å²) in [4.78, 5) is 25.7. The predicted octanol–water partition coefficient (Wildman–Crippen LogP) is 1.29. The Hall–Kier alpha value is -2.83. The minimum Gasteiger partial charge on any atom is -0.493 e. The third kappa shape index (κ3) is 1.99. The van der Waals surface area contributed by atoms with E-state index < -0.39 is 0 Å². The van der Waals surface area contributed by atoms with Crippen LogP contribution >= 0.6 is 0 Å². The van der Waals surface area contributed by atoms with Gasteiger partial charge in [-0.15, -0.1) is 0 Å². The van der Waals surface area contributed by atoms with Crippen molar-refractivity contribution in [1.82, 2.24) is 19.9 Å². The first-order valence-electron chi connectivity index (χ1n) is 6.15. The Morgan fingerprint density at radius 3 is 3.05 bits per heavy atom. The van der Waals surface area contributed by atoms with Gasteiger partial charge < -0.3 is 20.4 Å². The minimum absolute atomic E-state index is 0.276. The molecular formula is C13H13N5O2. The Labute approximate surface area is 113 Å². The van der Waals surface area contributed by atoms with Crippen molar-refractivity contribution in [2.45, 2.75) is 6.92 Å². The molecular weight excluding hydrogens is 258 g/mol. The maximum Gasteiger partial charge on any atom is 0.277 e. The number of hydrogen-bond acceptors (Lipinski definition) is 5. The van der Waals surface area contributed by atoms with Gasteiger partial charge in [0, 0.05) is 11.8 Å². The zero-order valence-electron chi connectivity index (χ0n) is 10.8. The van der Waals surface area contributed by atoms with E-state index in [2.05, 4.69) is 19.9 Å². The number of ether oxygens (including phenoxy) is 1. The molecule has 0 saturated heterocycles. The lowest BCUT2D eigenvalue weighted by Crippen LogP contribution is -2.10. The summed E-state index contributed by atoms with van der Waals surface area (Å²) in [5, 5.41) is 0. The number of anilines is 1. The minimum atomic E-state index is -0.276. The van der Waals surface area contributed by atoms with Gasteiger partial charge in [0.25, 0.3) is 5.56 Å². The smallest absolute Gasteiger partial charge is 0.277 e. The molecule has 0 aliphatic heterocycles. The molecule has 0 amide bonds. The number of rotatable bonds is 3. The van der Waals surface area contributed by atoms with E-state index in [1.54, 1.807) is 18.2 Å². The quantitative estimate of drug-likeness (QED) is 0.622. The third-order valence-corrected chi connectivity index (χ3v) is 2.86. The highest BCUT2D eigenvalue weighted by Gasteiger charge is 2.12. The number of H-pyrrole nitrogens is 2. The summed E-state index contributed by atoms with van der Waals surface area (Å²) in [7, 11) is 0. The largest absolute Gasteiger partial charge is 0.493 e. The molecule has 0 saturated carbocycles. The van der Waals surface area contributed by atoms with E-state index in [-0.39, 0.29) is 5.56 Å². The summed E-state index contributed by atoms with van der Waals surface area (Å²) in [6.07, 6.45) is 1.43. The molecule has 20 heavy (non-hydrogen) atoms. The van der Waals surface area contributed by atoms with Gasteiger partial charge in [-0.25, -0.2) is 9.97 Å². The lowest BCUT2D eigenvalue weighted by molar-refractivity contribution is 0.341. The average molecular weight is 271 g/mol. The van der Waals surface area contributed by atoms with Crippen LogP contribution in [0.4, 0.5) is 5.69 Å². The van der Waals surface area contributed by atoms with Gasteiger partial charge in [0.15, 0.2) is 11.2 Å². The van der Waals surface area contributed by atoms with Crippen LogP contribution in [-0.4, -0.2) is 26.5 Å². The highest BCUT2D eigenvalue weighted by Crippen LogP contribution is 2.29. The van der Waals surface area contributed by atoms with Crippen LogP contribution in [0.25, 0.3) is 22.6 Å². The fraction of sp³-hybridized carbons (Fsp3) is 0.154. The molecule has 0 fully saturated rings. The van der Waals surface area contributed by atoms with Gasteiger partial charge in [-0.3, -0.25) is 4.79 Å². The second kappa shape index (κ2) is 4.69. The van der Waals surface area contributed by atoms with Crippen molar-refractivity contribution in [2.75, 3.05) is 12.3 Å². The number of fused-ring (bicyclic) bond motifs is 1. The molecule has 0 spiro atoms. The number of aromatic amines is 2. The summed E-state index contributed by atoms with van der Waals surface area (Å²) >= 11 is 0. The first-order valence-corrected chi connectivity index (χ1v) is 6.15. The van der Waals surface area contributed by atoms with E-state index >= 15 is 0 Å². The molecule has 0 atom stereocenters. The zero-order valence-corrected chi connectivity index (χ0v) is 10.8. The standard InChI is InChI=1S/C13H13N5O2/c1-2-20-9-5-7(14)3-4-8(9)11-17-12-10(13(19)18-11)15-6-16-12/h3-6H,2,14H2,1H3,(H2,15,16,17,18,19). The molecule has 7 heteroatoms. The Kier molecular flexibility index (Phi) is 2.86. The van der Waals surface area contributed by atoms with Gasteiger partial charge in [0.05, 0.1) is 18.5 Å². The molecule has 2 aromatic heterocycles. The highest BCUT2D eigenvalue weighted by molar-refractivity contribution is 5.74. The molecule has 0 unspecified atom stereocenters. The monoisotopic (exact) mass is 271 g/mol. The Morgan fingerprint density at radius 1 is 1.40 bits per heavy atom. The van der Waals surface area contributed by atoms with Crippen LogP contribution < -0.4 is 16.0 Å². The van der Waals surface area contributed by atoms with E-state index in [1.165, 1.54) is 6.33 Å². The van der Waals surface area contributed by atoms with Crippen LogP contribution in [0.2, 0.25) is 0 Å². The average Bonchev–Trinajstić information content (AvgIpc) is 2.88. The Bertz CT molecular complexity index is 821. The molecule has 2 heterocycles. The Balaban J connectivity index is 2.22. The predicted molar refractivity (Wildman–Crippen MR) is 75.5 cm³/mol. The molecule has 3 aromatic rings. The number of nitrogen functional groups attached to an aromatic ring is 1. The summed E-state index contributed by atoms with van der Waals surface area (Å²) in [5.74, 6) is 0.976. The lowest BCUT2D eigenvalue weighted by Gasteiger charge is -2.10. The van der Waals surface area contributed by atoms with Crippen molar-refractivity contribution >= 4 is 16.9 Å². The molecule has 3 rings (SSSR count). The van der Waals surface area contributed by atoms with Gasteiger partial charge in [-0.2, -0.15) is 0 Å². The molecule has 0 bridgehead atoms. The van der Waals surface area contributed by atoms with Crippen LogP contribution in [0, 0.1) is 0 Å². The van der Waals surface area contributed by atoms with Crippen molar-refractivity contribution in [3.05, 3.63) is 34.9 Å². The third-order valence-electron chi connectivity index (χ3n) is 2.86. The van der Waals surface area contributed by atoms with Gasteiger partial charge in [0.1, 0.15) is 11.6 Å². The zero-order chi connectivity index (χ0) is 14.1. The Morgan fingerprint density at radius 2 is 2.25 bits per heavy atom. The normalized spacial score (nSPS) is 10.8. The second-order valence-electron chi connectivity index (χ2n) is 4.20. The van der Waals surface area contributed by atoms with E-state index in [4.69, 9.17) is 10.5 Å². The lowest BCUT2D eigenvalue weighted by atomic mass is 10.1. The van der Waals surface area contributed by atoms with Crippen LogP contribution in [-0.2, 0) is 0 Å². The number of nitrogens with two attached hydrogens (primary N) is 1. The fourth-order valence-electron chi connectivity index (χ4n) is 1.98. The summed E-state index contributed by atoms with van der Waals surface area (Å²) in [6, 6.07) is 5.19. The molecule has 4 N–H and O–H groups in total. The van der Waals surface area contributed by atoms with Gasteiger partial charge in [-0.05, 0) is 19.1 Å². The van der Waals surface area contributed by atoms with E-state index in [9.17, 15) is 4.79 Å². The molecule has 0 aliphatic carbocycles. The molecule has 0 aliphatic rings. The van der Waals surface area contributed by atoms with Crippen LogP contribution in [0.1, 0.15) is 6.92 Å². The molecule has 1 aromatic carbocycles. The van der Waals surface area contributed by atoms with Crippen molar-refractivity contribution in [3.63, 3.8) is 0 Å². The van der Waals surface area contributed by atoms with Crippen LogP contribution in [0.5, 0.6) is 5.75 Å². The molecule has 0 radical (unpaired) electrons. The van der Waals surface area contributed by atoms with Crippen molar-refractivity contribution in [1.29, 1.82) is 0 Å².